The third-order valence-corrected chi connectivity index (χ3v) is 16.0. The summed E-state index contributed by atoms with van der Waals surface area (Å²) in [6, 6.07) is 75.0. The van der Waals surface area contributed by atoms with Crippen LogP contribution in [0.25, 0.3) is 99.8 Å². The summed E-state index contributed by atoms with van der Waals surface area (Å²) in [6.07, 6.45) is 1.91. The third kappa shape index (κ3) is 7.64. The van der Waals surface area contributed by atoms with Crippen LogP contribution in [0.1, 0.15) is 48.6 Å². The van der Waals surface area contributed by atoms with E-state index in [-0.39, 0.29) is 5.41 Å². The van der Waals surface area contributed by atoms with Gasteiger partial charge in [-0.2, -0.15) is 0 Å². The van der Waals surface area contributed by atoms with Crippen LogP contribution >= 0.6 is 0 Å². The Hall–Kier alpha value is -8.31. The number of para-hydroxylation sites is 5. The quantitative estimate of drug-likeness (QED) is 0.142. The van der Waals surface area contributed by atoms with Crippen LogP contribution in [-0.2, 0) is 24.8 Å². The van der Waals surface area contributed by atoms with Gasteiger partial charge in [0, 0.05) is 6.20 Å². The first-order valence-corrected chi connectivity index (χ1v) is 26.7. The van der Waals surface area contributed by atoms with Gasteiger partial charge >= 0.3 is 394 Å². The number of rotatable bonds is 8. The average Bonchev–Trinajstić information content (AvgIpc) is 4.04. The SMILES string of the molecule is Cc1cccc(C)c1-c1cc(-n2c3ccccc3c3ccccc32)cc(-c2c(C)cccc2C)c1-n1[c](=[Pt])n(-c2[c-]c(Oc3[c-]c4c(cc3)c3ccccc3n4-c3cc(C(C)(C)C)ccn3)ccc2)c2ccccc21. The molecule has 0 N–H and O–H groups in total. The van der Waals surface area contributed by atoms with Gasteiger partial charge in [-0.3, -0.25) is 0 Å². The zero-order valence-corrected chi connectivity index (χ0v) is 45.2. The molecular weight excluding hydrogens is 1100 g/mol. The first kappa shape index (κ1) is 46.5. The molecule has 0 amide bonds. The Morgan fingerprint density at radius 1 is 0.453 bits per heavy atom. The molecule has 9 aromatic carbocycles. The van der Waals surface area contributed by atoms with Gasteiger partial charge in [-0.15, -0.1) is 0 Å². The van der Waals surface area contributed by atoms with Crippen molar-refractivity contribution >= 4 is 54.6 Å². The van der Waals surface area contributed by atoms with Crippen LogP contribution in [0.4, 0.5) is 0 Å². The van der Waals surface area contributed by atoms with E-state index in [0.717, 1.165) is 70.7 Å². The van der Waals surface area contributed by atoms with Crippen LogP contribution in [0.2, 0.25) is 0 Å². The predicted molar refractivity (Wildman–Crippen MR) is 305 cm³/mol. The third-order valence-electron chi connectivity index (χ3n) is 15.0. The zero-order chi connectivity index (χ0) is 51.3. The Balaban J connectivity index is 1.02. The number of fused-ring (bicyclic) bond motifs is 7. The Bertz CT molecular complexity index is 4350. The van der Waals surface area contributed by atoms with E-state index in [2.05, 4.69) is 274 Å². The van der Waals surface area contributed by atoms with Gasteiger partial charge in [-0.05, 0) is 17.0 Å². The number of nitrogens with zero attached hydrogens (tertiary/aromatic N) is 5. The number of ether oxygens (including phenoxy) is 1. The molecule has 0 fully saturated rings. The molecule has 0 aliphatic rings. The molecule has 0 unspecified atom stereocenters. The first-order chi connectivity index (χ1) is 36.4. The molecular formula is C68H53N5OPt-2. The Kier molecular flexibility index (Phi) is 11.1. The molecule has 0 atom stereocenters. The number of benzene rings is 9. The summed E-state index contributed by atoms with van der Waals surface area (Å²) in [5.41, 5.74) is 20.3. The topological polar surface area (TPSA) is 41.8 Å². The van der Waals surface area contributed by atoms with Crippen LogP contribution in [0, 0.1) is 43.6 Å². The second-order valence-electron chi connectivity index (χ2n) is 20.8. The summed E-state index contributed by atoms with van der Waals surface area (Å²) < 4.78 is 17.2. The summed E-state index contributed by atoms with van der Waals surface area (Å²) >= 11 is 2.54. The van der Waals surface area contributed by atoms with Gasteiger partial charge < -0.3 is 0 Å². The van der Waals surface area contributed by atoms with Crippen molar-refractivity contribution < 1.29 is 24.1 Å². The van der Waals surface area contributed by atoms with E-state index < -0.39 is 0 Å². The molecule has 13 rings (SSSR count). The standard InChI is InChI=1S/C68H53N5O.Pt/c1-43-19-16-20-44(2)65(43)56-39-49(72-58-28-11-8-25-52(58)53-26-9-12-29-59(53)72)40-57(66-45(3)21-17-22-46(66)4)67(56)71-42-70(61-31-14-15-32-62(61)71)48-23-18-24-50(38-48)74-51-33-34-55-54-27-10-13-30-60(54)73(63(55)41-51)64-37-47(35-36-69-64)68(5,6)7;/h8-37,39-40H,1-7H3;/q-2;. The first-order valence-electron chi connectivity index (χ1n) is 25.5. The van der Waals surface area contributed by atoms with Gasteiger partial charge in [-0.25, -0.2) is 0 Å². The van der Waals surface area contributed by atoms with E-state index in [9.17, 15) is 0 Å². The van der Waals surface area contributed by atoms with E-state index >= 15 is 0 Å². The zero-order valence-electron chi connectivity index (χ0n) is 42.9. The summed E-state index contributed by atoms with van der Waals surface area (Å²) in [5, 5.41) is 4.68. The minimum absolute atomic E-state index is 0.0407. The fourth-order valence-corrected chi connectivity index (χ4v) is 12.6. The van der Waals surface area contributed by atoms with Crippen LogP contribution in [0.15, 0.2) is 194 Å². The van der Waals surface area contributed by atoms with Crippen molar-refractivity contribution in [1.82, 2.24) is 23.3 Å². The second kappa shape index (κ2) is 18.0. The van der Waals surface area contributed by atoms with Gasteiger partial charge in [0.25, 0.3) is 0 Å². The van der Waals surface area contributed by atoms with E-state index in [1.54, 1.807) is 0 Å². The predicted octanol–water partition coefficient (Wildman–Crippen LogP) is 17.3. The Labute approximate surface area is 447 Å². The Morgan fingerprint density at radius 2 is 0.947 bits per heavy atom. The van der Waals surface area contributed by atoms with Gasteiger partial charge in [-0.1, -0.05) is 32.9 Å². The molecule has 0 saturated heterocycles. The monoisotopic (exact) mass is 1150 g/mol. The summed E-state index contributed by atoms with van der Waals surface area (Å²) in [6.45, 7) is 15.7. The number of hydrogen-bond donors (Lipinski definition) is 0. The maximum atomic E-state index is 6.80. The molecule has 4 aromatic heterocycles. The van der Waals surface area contributed by atoms with Crippen molar-refractivity contribution in [1.29, 1.82) is 0 Å². The summed E-state index contributed by atoms with van der Waals surface area (Å²) in [5.74, 6) is 2.02. The molecule has 4 heterocycles. The summed E-state index contributed by atoms with van der Waals surface area (Å²) in [7, 11) is 0. The van der Waals surface area contributed by atoms with Crippen molar-refractivity contribution in [2.75, 3.05) is 0 Å². The number of imidazole rings is 1. The van der Waals surface area contributed by atoms with E-state index in [1.807, 2.05) is 18.3 Å². The van der Waals surface area contributed by atoms with Crippen molar-refractivity contribution in [3.8, 4) is 56.6 Å². The molecule has 6 nitrogen and oxygen atoms in total. The van der Waals surface area contributed by atoms with Gasteiger partial charge in [0.1, 0.15) is 0 Å². The molecule has 0 aliphatic carbocycles. The molecule has 0 saturated carbocycles. The van der Waals surface area contributed by atoms with Crippen molar-refractivity contribution in [2.45, 2.75) is 53.9 Å². The second-order valence-corrected chi connectivity index (χ2v) is 21.8. The molecule has 13 aromatic rings. The number of aromatic nitrogens is 5. The van der Waals surface area contributed by atoms with Gasteiger partial charge in [0.2, 0.25) is 0 Å². The van der Waals surface area contributed by atoms with Crippen molar-refractivity contribution in [2.24, 2.45) is 0 Å². The summed E-state index contributed by atoms with van der Waals surface area (Å²) in [4.78, 5) is 4.90. The molecule has 0 radical (unpaired) electrons. The fourth-order valence-electron chi connectivity index (χ4n) is 11.5. The minimum atomic E-state index is -0.0407. The number of hydrogen-bond acceptors (Lipinski definition) is 2. The molecule has 0 spiro atoms. The number of pyridine rings is 1. The maximum absolute atomic E-state index is 6.80. The van der Waals surface area contributed by atoms with Gasteiger partial charge in [0.15, 0.2) is 0 Å². The molecule has 0 aliphatic heterocycles. The van der Waals surface area contributed by atoms with Crippen LogP contribution < -0.4 is 4.74 Å². The average molecular weight is 1150 g/mol. The molecule has 7 heteroatoms. The molecule has 75 heavy (non-hydrogen) atoms. The van der Waals surface area contributed by atoms with Crippen LogP contribution in [0.5, 0.6) is 11.5 Å². The Morgan fingerprint density at radius 3 is 1.52 bits per heavy atom. The van der Waals surface area contributed by atoms with Crippen molar-refractivity contribution in [3.63, 3.8) is 0 Å². The number of aryl methyl sites for hydroxylation is 4. The van der Waals surface area contributed by atoms with E-state index in [4.69, 9.17) is 9.72 Å². The van der Waals surface area contributed by atoms with Gasteiger partial charge in [0.05, 0.1) is 0 Å². The molecule has 0 bridgehead atoms. The van der Waals surface area contributed by atoms with E-state index in [1.165, 1.54) is 60.8 Å². The van der Waals surface area contributed by atoms with Crippen molar-refractivity contribution in [3.05, 3.63) is 238 Å². The van der Waals surface area contributed by atoms with Crippen LogP contribution in [0.3, 0.4) is 0 Å². The normalized spacial score (nSPS) is 12.0. The molecule has 368 valence electrons. The van der Waals surface area contributed by atoms with E-state index in [0.29, 0.717) is 11.5 Å². The fraction of sp³-hybridized carbons (Fsp3) is 0.118. The van der Waals surface area contributed by atoms with Crippen LogP contribution in [-0.4, -0.2) is 23.3 Å².